The van der Waals surface area contributed by atoms with Gasteiger partial charge >= 0.3 is 0 Å². The van der Waals surface area contributed by atoms with Crippen molar-refractivity contribution in [3.63, 3.8) is 0 Å². The van der Waals surface area contributed by atoms with Gasteiger partial charge in [0, 0.05) is 6.42 Å². The molecule has 0 saturated carbocycles. The molecule has 1 heteroatoms. The highest BCUT2D eigenvalue weighted by atomic mass is 16.5. The Bertz CT molecular complexity index is 193. The zero-order valence-corrected chi connectivity index (χ0v) is 5.77. The lowest BCUT2D eigenvalue weighted by Crippen LogP contribution is -1.89. The van der Waals surface area contributed by atoms with Gasteiger partial charge in [-0.25, -0.2) is 0 Å². The summed E-state index contributed by atoms with van der Waals surface area (Å²) in [6.45, 7) is 3.99. The topological polar surface area (TPSA) is 9.23 Å². The fraction of sp³-hybridized carbons (Fsp3) is 0.375. The van der Waals surface area contributed by atoms with Gasteiger partial charge in [0.25, 0.3) is 0 Å². The number of hydrogen-bond acceptors (Lipinski definition) is 1. The first-order valence-electron chi connectivity index (χ1n) is 3.13. The van der Waals surface area contributed by atoms with E-state index in [2.05, 4.69) is 12.7 Å². The maximum Gasteiger partial charge on any atom is 0.145 e. The minimum absolute atomic E-state index is 0.918. The maximum absolute atomic E-state index is 5.27. The monoisotopic (exact) mass is 122 g/mol. The minimum Gasteiger partial charge on any atom is -0.458 e. The predicted molar refractivity (Wildman–Crippen MR) is 36.7 cm³/mol. The van der Waals surface area contributed by atoms with Gasteiger partial charge in [-0.3, -0.25) is 0 Å². The van der Waals surface area contributed by atoms with Crippen LogP contribution >= 0.6 is 0 Å². The first-order chi connectivity index (χ1) is 4.33. The molecular formula is C8H10O. The van der Waals surface area contributed by atoms with Crippen LogP contribution in [0.15, 0.2) is 29.4 Å². The first kappa shape index (κ1) is 6.18. The highest BCUT2D eigenvalue weighted by molar-refractivity contribution is 5.14. The molecular weight excluding hydrogens is 112 g/mol. The van der Waals surface area contributed by atoms with Crippen LogP contribution in [-0.4, -0.2) is 0 Å². The van der Waals surface area contributed by atoms with Crippen molar-refractivity contribution < 1.29 is 4.74 Å². The van der Waals surface area contributed by atoms with Crippen molar-refractivity contribution in [2.24, 2.45) is 0 Å². The molecule has 1 nitrogen and oxygen atoms in total. The molecule has 0 N–H and O–H groups in total. The smallest absolute Gasteiger partial charge is 0.145 e. The van der Waals surface area contributed by atoms with E-state index in [4.69, 9.17) is 4.74 Å². The lowest BCUT2D eigenvalue weighted by atomic mass is 10.3. The Labute approximate surface area is 55.3 Å². The molecule has 0 saturated heterocycles. The Morgan fingerprint density at radius 2 is 2.44 bits per heavy atom. The molecule has 0 spiro atoms. The largest absolute Gasteiger partial charge is 0.458 e. The van der Waals surface area contributed by atoms with Crippen LogP contribution in [0.3, 0.4) is 0 Å². The van der Waals surface area contributed by atoms with Crippen LogP contribution in [0.25, 0.3) is 0 Å². The standard InChI is InChI=1S/C8H10O/c1-3-8-6-4-5-7(2)9-8/h4-5H,3H2,1-2H3. The molecule has 0 aromatic heterocycles. The Hall–Kier alpha value is -0.940. The van der Waals surface area contributed by atoms with Gasteiger partial charge in [-0.15, -0.1) is 0 Å². The molecule has 1 heterocycles. The van der Waals surface area contributed by atoms with Crippen LogP contribution in [0.5, 0.6) is 0 Å². The summed E-state index contributed by atoms with van der Waals surface area (Å²) in [5.74, 6) is 1.88. The van der Waals surface area contributed by atoms with Gasteiger partial charge in [0.05, 0.1) is 0 Å². The number of ether oxygens (including phenoxy) is 1. The van der Waals surface area contributed by atoms with E-state index in [-0.39, 0.29) is 0 Å². The van der Waals surface area contributed by atoms with Gasteiger partial charge < -0.3 is 4.74 Å². The number of rotatable bonds is 1. The third kappa shape index (κ3) is 1.48. The Morgan fingerprint density at radius 1 is 1.67 bits per heavy atom. The molecule has 48 valence electrons. The van der Waals surface area contributed by atoms with E-state index in [1.54, 1.807) is 0 Å². The highest BCUT2D eigenvalue weighted by Crippen LogP contribution is 2.11. The average molecular weight is 122 g/mol. The van der Waals surface area contributed by atoms with E-state index >= 15 is 0 Å². The summed E-state index contributed by atoms with van der Waals surface area (Å²) in [5.41, 5.74) is 2.99. The van der Waals surface area contributed by atoms with E-state index in [0.29, 0.717) is 0 Å². The lowest BCUT2D eigenvalue weighted by Gasteiger charge is -2.06. The molecule has 0 fully saturated rings. The van der Waals surface area contributed by atoms with E-state index < -0.39 is 0 Å². The third-order valence-electron chi connectivity index (χ3n) is 1.17. The zero-order chi connectivity index (χ0) is 6.69. The van der Waals surface area contributed by atoms with E-state index in [0.717, 1.165) is 17.9 Å². The maximum atomic E-state index is 5.27. The Morgan fingerprint density at radius 3 is 2.89 bits per heavy atom. The third-order valence-corrected chi connectivity index (χ3v) is 1.17. The predicted octanol–water partition coefficient (Wildman–Crippen LogP) is 2.37. The summed E-state index contributed by atoms with van der Waals surface area (Å²) in [5, 5.41) is 0. The van der Waals surface area contributed by atoms with Crippen molar-refractivity contribution in [3.8, 4) is 0 Å². The number of allylic oxidation sites excluding steroid dienone is 3. The lowest BCUT2D eigenvalue weighted by molar-refractivity contribution is 0.294. The second-order valence-corrected chi connectivity index (χ2v) is 1.97. The van der Waals surface area contributed by atoms with Crippen LogP contribution in [0, 0.1) is 0 Å². The van der Waals surface area contributed by atoms with Crippen molar-refractivity contribution >= 4 is 0 Å². The minimum atomic E-state index is 0.918. The molecule has 1 aliphatic heterocycles. The van der Waals surface area contributed by atoms with E-state index in [1.165, 1.54) is 0 Å². The zero-order valence-electron chi connectivity index (χ0n) is 5.77. The summed E-state index contributed by atoms with van der Waals surface area (Å²) in [4.78, 5) is 0. The second-order valence-electron chi connectivity index (χ2n) is 1.97. The molecule has 9 heavy (non-hydrogen) atoms. The van der Waals surface area contributed by atoms with Gasteiger partial charge in [-0.2, -0.15) is 0 Å². The molecule has 0 radical (unpaired) electrons. The molecule has 0 aromatic rings. The van der Waals surface area contributed by atoms with Crippen LogP contribution in [0.2, 0.25) is 0 Å². The van der Waals surface area contributed by atoms with Crippen molar-refractivity contribution in [1.29, 1.82) is 0 Å². The van der Waals surface area contributed by atoms with Gasteiger partial charge in [-0.1, -0.05) is 12.7 Å². The normalized spacial score (nSPS) is 16.2. The summed E-state index contributed by atoms with van der Waals surface area (Å²) < 4.78 is 5.27. The molecule has 0 aromatic carbocycles. The van der Waals surface area contributed by atoms with Crippen molar-refractivity contribution in [3.05, 3.63) is 29.4 Å². The molecule has 0 bridgehead atoms. The van der Waals surface area contributed by atoms with Crippen LogP contribution in [0.4, 0.5) is 0 Å². The van der Waals surface area contributed by atoms with E-state index in [1.807, 2.05) is 19.1 Å². The average Bonchev–Trinajstić information content (AvgIpc) is 1.88. The Balaban J connectivity index is 2.73. The summed E-state index contributed by atoms with van der Waals surface area (Å²) in [6.07, 6.45) is 4.71. The van der Waals surface area contributed by atoms with Crippen LogP contribution < -0.4 is 0 Å². The molecule has 0 aliphatic carbocycles. The van der Waals surface area contributed by atoms with Crippen LogP contribution in [-0.2, 0) is 4.74 Å². The molecule has 0 amide bonds. The first-order valence-corrected chi connectivity index (χ1v) is 3.13. The van der Waals surface area contributed by atoms with Crippen molar-refractivity contribution in [1.82, 2.24) is 0 Å². The van der Waals surface area contributed by atoms with Gasteiger partial charge in [0.15, 0.2) is 0 Å². The summed E-state index contributed by atoms with van der Waals surface area (Å²) in [6, 6.07) is 0. The second kappa shape index (κ2) is 2.56. The quantitative estimate of drug-likeness (QED) is 0.485. The molecule has 0 atom stereocenters. The SMILES string of the molecule is CCC1=C=CC=C(C)O1. The number of hydrogen-bond donors (Lipinski definition) is 0. The Kier molecular flexibility index (Phi) is 1.76. The van der Waals surface area contributed by atoms with Crippen molar-refractivity contribution in [2.45, 2.75) is 20.3 Å². The van der Waals surface area contributed by atoms with Gasteiger partial charge in [0.1, 0.15) is 11.5 Å². The molecule has 0 unspecified atom stereocenters. The fourth-order valence-corrected chi connectivity index (χ4v) is 0.684. The van der Waals surface area contributed by atoms with Crippen molar-refractivity contribution in [2.75, 3.05) is 0 Å². The van der Waals surface area contributed by atoms with Crippen LogP contribution in [0.1, 0.15) is 20.3 Å². The summed E-state index contributed by atoms with van der Waals surface area (Å²) in [7, 11) is 0. The molecule has 1 aliphatic rings. The van der Waals surface area contributed by atoms with Gasteiger partial charge in [0.2, 0.25) is 0 Å². The van der Waals surface area contributed by atoms with E-state index in [9.17, 15) is 0 Å². The fourth-order valence-electron chi connectivity index (χ4n) is 0.684. The summed E-state index contributed by atoms with van der Waals surface area (Å²) >= 11 is 0. The molecule has 1 rings (SSSR count). The van der Waals surface area contributed by atoms with Gasteiger partial charge in [-0.05, 0) is 19.1 Å². The highest BCUT2D eigenvalue weighted by Gasteiger charge is 1.96.